The van der Waals surface area contributed by atoms with Gasteiger partial charge in [-0.3, -0.25) is 0 Å². The lowest BCUT2D eigenvalue weighted by Gasteiger charge is -2.27. The monoisotopic (exact) mass is 643 g/mol. The lowest BCUT2D eigenvalue weighted by atomic mass is 9.95. The van der Waals surface area contributed by atoms with Crippen LogP contribution < -0.4 is 4.90 Å². The summed E-state index contributed by atoms with van der Waals surface area (Å²) in [7, 11) is 0. The number of furan rings is 1. The van der Waals surface area contributed by atoms with Crippen molar-refractivity contribution in [2.75, 3.05) is 4.90 Å². The minimum Gasteiger partial charge on any atom is -0.456 e. The molecule has 8 aromatic carbocycles. The van der Waals surface area contributed by atoms with Crippen LogP contribution in [0.15, 0.2) is 180 Å². The second kappa shape index (κ2) is 11.2. The maximum atomic E-state index is 6.41. The van der Waals surface area contributed by atoms with Crippen molar-refractivity contribution >= 4 is 81.3 Å². The number of thiophene rings is 1. The van der Waals surface area contributed by atoms with Crippen LogP contribution in [-0.2, 0) is 0 Å². The van der Waals surface area contributed by atoms with E-state index < -0.39 is 0 Å². The number of nitrogens with zero attached hydrogens (tertiary/aromatic N) is 1. The predicted octanol–water partition coefficient (Wildman–Crippen LogP) is 13.9. The van der Waals surface area contributed by atoms with E-state index in [0.717, 1.165) is 44.6 Å². The Labute approximate surface area is 287 Å². The SMILES string of the molecule is c1cc(-c2cccc(N(c3ccc4c(c3)oc3ccccc34)c3cccc4sc5ccccc5c34)c2)cc(-c2cccc3ccccc23)c1. The van der Waals surface area contributed by atoms with E-state index in [1.54, 1.807) is 0 Å². The number of hydrogen-bond donors (Lipinski definition) is 0. The Kier molecular flexibility index (Phi) is 6.39. The van der Waals surface area contributed by atoms with Crippen molar-refractivity contribution in [3.05, 3.63) is 176 Å². The normalized spacial score (nSPS) is 11.7. The highest BCUT2D eigenvalue weighted by Gasteiger charge is 2.20. The first-order valence-corrected chi connectivity index (χ1v) is 17.4. The molecule has 0 fully saturated rings. The molecule has 0 N–H and O–H groups in total. The highest BCUT2D eigenvalue weighted by Crippen LogP contribution is 2.46. The Morgan fingerprint density at radius 1 is 0.408 bits per heavy atom. The van der Waals surface area contributed by atoms with E-state index in [1.807, 2.05) is 23.5 Å². The number of anilines is 3. The molecule has 2 heterocycles. The molecule has 0 spiro atoms. The van der Waals surface area contributed by atoms with Crippen molar-refractivity contribution in [3.8, 4) is 22.3 Å². The molecule has 0 atom stereocenters. The Hall–Kier alpha value is -6.16. The summed E-state index contributed by atoms with van der Waals surface area (Å²) in [6, 6.07) is 63.3. The summed E-state index contributed by atoms with van der Waals surface area (Å²) in [6.07, 6.45) is 0. The summed E-state index contributed by atoms with van der Waals surface area (Å²) < 4.78 is 8.97. The summed E-state index contributed by atoms with van der Waals surface area (Å²) in [6.45, 7) is 0. The molecule has 2 nitrogen and oxygen atoms in total. The van der Waals surface area contributed by atoms with Gasteiger partial charge in [0.25, 0.3) is 0 Å². The molecule has 0 aliphatic carbocycles. The van der Waals surface area contributed by atoms with Crippen molar-refractivity contribution < 1.29 is 4.42 Å². The fourth-order valence-electron chi connectivity index (χ4n) is 7.39. The molecule has 0 unspecified atom stereocenters. The van der Waals surface area contributed by atoms with Crippen LogP contribution in [0.5, 0.6) is 0 Å². The molecule has 0 saturated carbocycles. The van der Waals surface area contributed by atoms with Crippen molar-refractivity contribution in [2.24, 2.45) is 0 Å². The fourth-order valence-corrected chi connectivity index (χ4v) is 8.52. The minimum absolute atomic E-state index is 0.880. The van der Waals surface area contributed by atoms with Gasteiger partial charge in [-0.1, -0.05) is 115 Å². The second-order valence-electron chi connectivity index (χ2n) is 12.5. The van der Waals surface area contributed by atoms with Crippen LogP contribution in [-0.4, -0.2) is 0 Å². The number of benzene rings is 8. The maximum absolute atomic E-state index is 6.41. The van der Waals surface area contributed by atoms with E-state index in [1.165, 1.54) is 47.6 Å². The van der Waals surface area contributed by atoms with Gasteiger partial charge < -0.3 is 9.32 Å². The Morgan fingerprint density at radius 3 is 2.00 bits per heavy atom. The Morgan fingerprint density at radius 2 is 1.06 bits per heavy atom. The van der Waals surface area contributed by atoms with E-state index in [-0.39, 0.29) is 0 Å². The molecular weight excluding hydrogens is 615 g/mol. The van der Waals surface area contributed by atoms with E-state index in [4.69, 9.17) is 4.42 Å². The molecule has 2 aromatic heterocycles. The molecule has 0 radical (unpaired) electrons. The summed E-state index contributed by atoms with van der Waals surface area (Å²) in [5, 5.41) is 7.30. The molecule has 3 heteroatoms. The van der Waals surface area contributed by atoms with Crippen LogP contribution in [0.1, 0.15) is 0 Å². The quantitative estimate of drug-likeness (QED) is 0.186. The minimum atomic E-state index is 0.880. The average molecular weight is 644 g/mol. The van der Waals surface area contributed by atoms with Crippen LogP contribution in [0.4, 0.5) is 17.1 Å². The molecule has 0 saturated heterocycles. The van der Waals surface area contributed by atoms with Crippen molar-refractivity contribution in [2.45, 2.75) is 0 Å². The summed E-state index contributed by atoms with van der Waals surface area (Å²) in [4.78, 5) is 2.40. The lowest BCUT2D eigenvalue weighted by molar-refractivity contribution is 0.669. The van der Waals surface area contributed by atoms with Gasteiger partial charge in [-0.05, 0) is 87.6 Å². The van der Waals surface area contributed by atoms with Crippen LogP contribution in [0, 0.1) is 0 Å². The number of para-hydroxylation sites is 1. The van der Waals surface area contributed by atoms with Crippen LogP contribution in [0.25, 0.3) is 75.1 Å². The number of fused-ring (bicyclic) bond motifs is 7. The third-order valence-electron chi connectivity index (χ3n) is 9.64. The first-order valence-electron chi connectivity index (χ1n) is 16.6. The Bertz CT molecular complexity index is 2850. The van der Waals surface area contributed by atoms with Crippen LogP contribution in [0.2, 0.25) is 0 Å². The van der Waals surface area contributed by atoms with Crippen LogP contribution >= 0.6 is 11.3 Å². The van der Waals surface area contributed by atoms with Crippen molar-refractivity contribution in [1.82, 2.24) is 0 Å². The molecule has 10 aromatic rings. The van der Waals surface area contributed by atoms with Crippen LogP contribution in [0.3, 0.4) is 0 Å². The summed E-state index contributed by atoms with van der Waals surface area (Å²) in [5.74, 6) is 0. The largest absolute Gasteiger partial charge is 0.456 e. The second-order valence-corrected chi connectivity index (χ2v) is 13.6. The first kappa shape index (κ1) is 27.9. The predicted molar refractivity (Wildman–Crippen MR) is 210 cm³/mol. The smallest absolute Gasteiger partial charge is 0.137 e. The molecule has 0 amide bonds. The van der Waals surface area contributed by atoms with Crippen molar-refractivity contribution in [3.63, 3.8) is 0 Å². The first-order chi connectivity index (χ1) is 24.3. The topological polar surface area (TPSA) is 16.4 Å². The van der Waals surface area contributed by atoms with Gasteiger partial charge in [-0.15, -0.1) is 11.3 Å². The van der Waals surface area contributed by atoms with Gasteiger partial charge in [0.1, 0.15) is 11.2 Å². The van der Waals surface area contributed by atoms with Gasteiger partial charge in [0, 0.05) is 48.4 Å². The third kappa shape index (κ3) is 4.62. The van der Waals surface area contributed by atoms with E-state index in [0.29, 0.717) is 0 Å². The summed E-state index contributed by atoms with van der Waals surface area (Å²) >= 11 is 1.84. The third-order valence-corrected chi connectivity index (χ3v) is 10.8. The fraction of sp³-hybridized carbons (Fsp3) is 0. The van der Waals surface area contributed by atoms with Gasteiger partial charge >= 0.3 is 0 Å². The van der Waals surface area contributed by atoms with E-state index in [9.17, 15) is 0 Å². The zero-order valence-corrected chi connectivity index (χ0v) is 27.3. The number of hydrogen-bond acceptors (Lipinski definition) is 3. The highest BCUT2D eigenvalue weighted by atomic mass is 32.1. The lowest BCUT2D eigenvalue weighted by Crippen LogP contribution is -2.10. The molecule has 0 aliphatic rings. The molecule has 230 valence electrons. The van der Waals surface area contributed by atoms with E-state index in [2.05, 4.69) is 169 Å². The average Bonchev–Trinajstić information content (AvgIpc) is 3.73. The van der Waals surface area contributed by atoms with Crippen molar-refractivity contribution in [1.29, 1.82) is 0 Å². The van der Waals surface area contributed by atoms with Gasteiger partial charge in [0.2, 0.25) is 0 Å². The molecule has 10 rings (SSSR count). The summed E-state index contributed by atoms with van der Waals surface area (Å²) in [5.41, 5.74) is 9.87. The zero-order valence-electron chi connectivity index (χ0n) is 26.5. The molecule has 0 bridgehead atoms. The highest BCUT2D eigenvalue weighted by molar-refractivity contribution is 7.26. The molecule has 49 heavy (non-hydrogen) atoms. The van der Waals surface area contributed by atoms with E-state index >= 15 is 0 Å². The van der Waals surface area contributed by atoms with Gasteiger partial charge in [-0.2, -0.15) is 0 Å². The Balaban J connectivity index is 1.17. The van der Waals surface area contributed by atoms with Gasteiger partial charge in [-0.25, -0.2) is 0 Å². The van der Waals surface area contributed by atoms with Gasteiger partial charge in [0.05, 0.1) is 5.69 Å². The molecular formula is C46H29NOS. The zero-order chi connectivity index (χ0) is 32.3. The number of rotatable bonds is 5. The standard InChI is InChI=1S/C46H29NOS/c1-2-17-36-30(11-1)12-9-20-37(36)33-15-7-13-31(27-33)32-14-8-16-34(28-32)47(35-25-26-39-38-18-3-5-22-42(38)48-43(39)29-35)41-21-10-24-45-46(41)40-19-4-6-23-44(40)49-45/h1-29H. The molecule has 0 aliphatic heterocycles. The maximum Gasteiger partial charge on any atom is 0.137 e. The van der Waals surface area contributed by atoms with Gasteiger partial charge in [0.15, 0.2) is 0 Å².